The maximum absolute atomic E-state index is 13.7. The molecular formula is C11H14F3N. The fourth-order valence-corrected chi connectivity index (χ4v) is 1.31. The predicted molar refractivity (Wildman–Crippen MR) is 52.5 cm³/mol. The highest BCUT2D eigenvalue weighted by atomic mass is 19.3. The van der Waals surface area contributed by atoms with Gasteiger partial charge in [0.2, 0.25) is 0 Å². The van der Waals surface area contributed by atoms with E-state index < -0.39 is 22.7 Å². The summed E-state index contributed by atoms with van der Waals surface area (Å²) in [6.07, 6.45) is 1.22. The van der Waals surface area contributed by atoms with Crippen molar-refractivity contribution in [3.05, 3.63) is 29.3 Å². The number of halogens is 3. The van der Waals surface area contributed by atoms with Crippen molar-refractivity contribution in [3.63, 3.8) is 0 Å². The van der Waals surface area contributed by atoms with E-state index in [0.717, 1.165) is 6.07 Å². The summed E-state index contributed by atoms with van der Waals surface area (Å²) in [6, 6.07) is 1.02. The molecule has 0 aliphatic carbocycles. The highest BCUT2D eigenvalue weighted by Gasteiger charge is 2.32. The highest BCUT2D eigenvalue weighted by molar-refractivity contribution is 5.27. The average Bonchev–Trinajstić information content (AvgIpc) is 1.99. The van der Waals surface area contributed by atoms with E-state index in [9.17, 15) is 13.2 Å². The van der Waals surface area contributed by atoms with E-state index in [1.807, 2.05) is 0 Å². The smallest absolute Gasteiger partial charge is 0.258 e. The Kier molecular flexibility index (Phi) is 2.81. The van der Waals surface area contributed by atoms with Crippen LogP contribution in [0.1, 0.15) is 39.0 Å². The molecule has 15 heavy (non-hydrogen) atoms. The lowest BCUT2D eigenvalue weighted by Crippen LogP contribution is -2.20. The number of aromatic nitrogens is 1. The zero-order valence-corrected chi connectivity index (χ0v) is 9.24. The molecular weight excluding hydrogens is 203 g/mol. The lowest BCUT2D eigenvalue weighted by atomic mass is 9.89. The first-order valence-corrected chi connectivity index (χ1v) is 4.67. The van der Waals surface area contributed by atoms with E-state index in [2.05, 4.69) is 4.98 Å². The third-order valence-corrected chi connectivity index (χ3v) is 2.07. The first-order valence-electron chi connectivity index (χ1n) is 4.67. The average molecular weight is 217 g/mol. The Balaban J connectivity index is 3.37. The maximum atomic E-state index is 13.7. The monoisotopic (exact) mass is 217 g/mol. The molecule has 0 N–H and O–H groups in total. The van der Waals surface area contributed by atoms with Gasteiger partial charge in [-0.3, -0.25) is 4.98 Å². The van der Waals surface area contributed by atoms with Crippen molar-refractivity contribution in [3.8, 4) is 0 Å². The first kappa shape index (κ1) is 12.0. The maximum Gasteiger partial charge on any atom is 0.273 e. The number of alkyl halides is 2. The summed E-state index contributed by atoms with van der Waals surface area (Å²) in [5.74, 6) is -4.08. The zero-order chi connectivity index (χ0) is 11.9. The van der Waals surface area contributed by atoms with Crippen LogP contribution in [-0.4, -0.2) is 4.98 Å². The van der Waals surface area contributed by atoms with Gasteiger partial charge in [0.1, 0.15) is 0 Å². The summed E-state index contributed by atoms with van der Waals surface area (Å²) in [4.78, 5) is 3.82. The predicted octanol–water partition coefficient (Wildman–Crippen LogP) is 3.63. The molecule has 1 aromatic heterocycles. The molecule has 0 aliphatic rings. The fraction of sp³-hybridized carbons (Fsp3) is 0.545. The molecule has 0 bridgehead atoms. The summed E-state index contributed by atoms with van der Waals surface area (Å²) < 4.78 is 39.8. The second kappa shape index (κ2) is 3.51. The van der Waals surface area contributed by atoms with Gasteiger partial charge in [0.05, 0.1) is 11.3 Å². The molecule has 0 spiro atoms. The van der Waals surface area contributed by atoms with Gasteiger partial charge in [-0.05, 0) is 6.07 Å². The van der Waals surface area contributed by atoms with Crippen molar-refractivity contribution < 1.29 is 13.2 Å². The van der Waals surface area contributed by atoms with E-state index in [4.69, 9.17) is 0 Å². The molecule has 0 aliphatic heterocycles. The Morgan fingerprint density at radius 1 is 1.13 bits per heavy atom. The molecule has 1 rings (SSSR count). The molecule has 0 amide bonds. The van der Waals surface area contributed by atoms with Gasteiger partial charge >= 0.3 is 0 Å². The standard InChI is InChI=1S/C11H14F3N/c1-10(2,3)9-8(12)7(5-6-15-9)11(4,13)14/h5-6H,1-4H3. The summed E-state index contributed by atoms with van der Waals surface area (Å²) >= 11 is 0. The number of hydrogen-bond acceptors (Lipinski definition) is 1. The van der Waals surface area contributed by atoms with Crippen LogP contribution in [0.4, 0.5) is 13.2 Å². The molecule has 0 atom stereocenters. The summed E-state index contributed by atoms with van der Waals surface area (Å²) in [5, 5.41) is 0. The van der Waals surface area contributed by atoms with Gasteiger partial charge in [0, 0.05) is 18.5 Å². The minimum absolute atomic E-state index is 0.0709. The quantitative estimate of drug-likeness (QED) is 0.700. The topological polar surface area (TPSA) is 12.9 Å². The molecule has 1 nitrogen and oxygen atoms in total. The lowest BCUT2D eigenvalue weighted by molar-refractivity contribution is 0.0133. The first-order chi connectivity index (χ1) is 6.64. The zero-order valence-electron chi connectivity index (χ0n) is 9.24. The van der Waals surface area contributed by atoms with Gasteiger partial charge in [0.25, 0.3) is 5.92 Å². The molecule has 1 heterocycles. The van der Waals surface area contributed by atoms with Crippen LogP contribution in [0.5, 0.6) is 0 Å². The SMILES string of the molecule is CC(C)(C)c1nccc(C(C)(F)F)c1F. The van der Waals surface area contributed by atoms with Crippen molar-refractivity contribution in [1.29, 1.82) is 0 Å². The van der Waals surface area contributed by atoms with Crippen LogP contribution in [0.15, 0.2) is 12.3 Å². The molecule has 1 aromatic rings. The summed E-state index contributed by atoms with van der Waals surface area (Å²) in [6.45, 7) is 5.87. The summed E-state index contributed by atoms with van der Waals surface area (Å²) in [7, 11) is 0. The van der Waals surface area contributed by atoms with Crippen LogP contribution in [-0.2, 0) is 11.3 Å². The minimum atomic E-state index is -3.17. The number of hydrogen-bond donors (Lipinski definition) is 0. The molecule has 4 heteroatoms. The van der Waals surface area contributed by atoms with Gasteiger partial charge in [-0.2, -0.15) is 0 Å². The van der Waals surface area contributed by atoms with Crippen molar-refractivity contribution >= 4 is 0 Å². The van der Waals surface area contributed by atoms with E-state index in [0.29, 0.717) is 6.92 Å². The van der Waals surface area contributed by atoms with Crippen LogP contribution < -0.4 is 0 Å². The fourth-order valence-electron chi connectivity index (χ4n) is 1.31. The molecule has 0 saturated heterocycles. The van der Waals surface area contributed by atoms with Crippen LogP contribution in [0.3, 0.4) is 0 Å². The van der Waals surface area contributed by atoms with Gasteiger partial charge in [-0.1, -0.05) is 20.8 Å². The second-order valence-electron chi connectivity index (χ2n) is 4.66. The largest absolute Gasteiger partial charge is 0.273 e. The van der Waals surface area contributed by atoms with Crippen molar-refractivity contribution in [2.75, 3.05) is 0 Å². The van der Waals surface area contributed by atoms with Crippen molar-refractivity contribution in [1.82, 2.24) is 4.98 Å². The van der Waals surface area contributed by atoms with E-state index in [1.165, 1.54) is 6.20 Å². The minimum Gasteiger partial charge on any atom is -0.258 e. The van der Waals surface area contributed by atoms with Crippen LogP contribution in [0.2, 0.25) is 0 Å². The summed E-state index contributed by atoms with van der Waals surface area (Å²) in [5.41, 5.74) is -1.10. The molecule has 0 fully saturated rings. The molecule has 0 aromatic carbocycles. The van der Waals surface area contributed by atoms with Crippen molar-refractivity contribution in [2.24, 2.45) is 0 Å². The van der Waals surface area contributed by atoms with Crippen molar-refractivity contribution in [2.45, 2.75) is 39.0 Å². The van der Waals surface area contributed by atoms with Crippen LogP contribution in [0.25, 0.3) is 0 Å². The Bertz CT molecular complexity index is 329. The molecule has 0 saturated carbocycles. The van der Waals surface area contributed by atoms with Gasteiger partial charge in [-0.25, -0.2) is 13.2 Å². The molecule has 0 radical (unpaired) electrons. The van der Waals surface area contributed by atoms with Gasteiger partial charge < -0.3 is 0 Å². The van der Waals surface area contributed by atoms with Gasteiger partial charge in [-0.15, -0.1) is 0 Å². The normalized spacial score (nSPS) is 13.0. The third kappa shape index (κ3) is 2.49. The highest BCUT2D eigenvalue weighted by Crippen LogP contribution is 2.33. The number of nitrogens with zero attached hydrogens (tertiary/aromatic N) is 1. The third-order valence-electron chi connectivity index (χ3n) is 2.07. The second-order valence-corrected chi connectivity index (χ2v) is 4.66. The van der Waals surface area contributed by atoms with Crippen LogP contribution in [0, 0.1) is 5.82 Å². The number of rotatable bonds is 1. The Morgan fingerprint density at radius 3 is 2.07 bits per heavy atom. The van der Waals surface area contributed by atoms with Crippen LogP contribution >= 0.6 is 0 Å². The Labute approximate surface area is 87.3 Å². The number of pyridine rings is 1. The Hall–Kier alpha value is -1.06. The van der Waals surface area contributed by atoms with Gasteiger partial charge in [0.15, 0.2) is 5.82 Å². The molecule has 0 unspecified atom stereocenters. The van der Waals surface area contributed by atoms with E-state index in [1.54, 1.807) is 20.8 Å². The van der Waals surface area contributed by atoms with E-state index in [-0.39, 0.29) is 5.69 Å². The lowest BCUT2D eigenvalue weighted by Gasteiger charge is -2.21. The Morgan fingerprint density at radius 2 is 1.67 bits per heavy atom. The molecule has 84 valence electrons. The van der Waals surface area contributed by atoms with E-state index >= 15 is 0 Å².